The molecule has 0 radical (unpaired) electrons. The Balaban J connectivity index is 2.64. The first-order chi connectivity index (χ1) is 8.69. The van der Waals surface area contributed by atoms with E-state index in [4.69, 9.17) is 28.9 Å². The molecule has 0 heterocycles. The van der Waals surface area contributed by atoms with Gasteiger partial charge < -0.3 is 5.73 Å². The van der Waals surface area contributed by atoms with Gasteiger partial charge in [0.1, 0.15) is 9.84 Å². The summed E-state index contributed by atoms with van der Waals surface area (Å²) in [6.07, 6.45) is 1.30. The van der Waals surface area contributed by atoms with Gasteiger partial charge in [0.2, 0.25) is 0 Å². The number of nitrogens with two attached hydrogens (primary N) is 1. The molecule has 1 aromatic carbocycles. The van der Waals surface area contributed by atoms with Gasteiger partial charge in [-0.05, 0) is 24.1 Å². The summed E-state index contributed by atoms with van der Waals surface area (Å²) in [5.41, 5.74) is 6.30. The van der Waals surface area contributed by atoms with E-state index in [9.17, 15) is 13.2 Å². The van der Waals surface area contributed by atoms with Crippen LogP contribution in [0.5, 0.6) is 0 Å². The Morgan fingerprint density at radius 3 is 2.53 bits per heavy atom. The quantitative estimate of drug-likeness (QED) is 0.866. The highest BCUT2D eigenvalue weighted by Crippen LogP contribution is 2.21. The number of hydrogen-bond acceptors (Lipinski definition) is 4. The van der Waals surface area contributed by atoms with Crippen LogP contribution >= 0.6 is 23.2 Å². The first kappa shape index (κ1) is 16.4. The van der Waals surface area contributed by atoms with Crippen LogP contribution in [0.2, 0.25) is 10.0 Å². The number of benzene rings is 1. The van der Waals surface area contributed by atoms with Gasteiger partial charge in [0, 0.05) is 22.7 Å². The average Bonchev–Trinajstić information content (AvgIpc) is 2.28. The molecule has 0 amide bonds. The van der Waals surface area contributed by atoms with Crippen molar-refractivity contribution in [3.63, 3.8) is 0 Å². The SMILES string of the molecule is CS(=O)(=O)CCC(N)C(=O)Cc1ccc(Cl)cc1Cl. The van der Waals surface area contributed by atoms with Crippen molar-refractivity contribution in [1.29, 1.82) is 0 Å². The molecule has 4 nitrogen and oxygen atoms in total. The van der Waals surface area contributed by atoms with Gasteiger partial charge in [0.25, 0.3) is 0 Å². The molecule has 0 fully saturated rings. The van der Waals surface area contributed by atoms with E-state index < -0.39 is 15.9 Å². The molecule has 0 saturated heterocycles. The molecule has 7 heteroatoms. The molecule has 0 aromatic heterocycles. The molecule has 0 saturated carbocycles. The van der Waals surface area contributed by atoms with Crippen LogP contribution < -0.4 is 5.73 Å². The number of ketones is 1. The molecule has 1 aromatic rings. The van der Waals surface area contributed by atoms with Gasteiger partial charge in [-0.25, -0.2) is 8.42 Å². The second kappa shape index (κ2) is 6.70. The lowest BCUT2D eigenvalue weighted by atomic mass is 10.0. The zero-order chi connectivity index (χ0) is 14.6. The Morgan fingerprint density at radius 1 is 1.37 bits per heavy atom. The molecule has 1 unspecified atom stereocenters. The van der Waals surface area contributed by atoms with Crippen LogP contribution in [0.1, 0.15) is 12.0 Å². The van der Waals surface area contributed by atoms with Gasteiger partial charge in [-0.1, -0.05) is 29.3 Å². The molecule has 0 aliphatic carbocycles. The summed E-state index contributed by atoms with van der Waals surface area (Å²) in [6, 6.07) is 4.04. The maximum absolute atomic E-state index is 11.9. The number of hydrogen-bond donors (Lipinski definition) is 1. The van der Waals surface area contributed by atoms with E-state index in [2.05, 4.69) is 0 Å². The van der Waals surface area contributed by atoms with Gasteiger partial charge >= 0.3 is 0 Å². The predicted octanol–water partition coefficient (Wildman–Crippen LogP) is 1.87. The maximum atomic E-state index is 11.9. The molecule has 1 rings (SSSR count). The van der Waals surface area contributed by atoms with E-state index in [0.717, 1.165) is 6.26 Å². The van der Waals surface area contributed by atoms with Gasteiger partial charge in [-0.2, -0.15) is 0 Å². The van der Waals surface area contributed by atoms with Crippen LogP contribution in [0.3, 0.4) is 0 Å². The molecular formula is C12H15Cl2NO3S. The third-order valence-corrected chi connectivity index (χ3v) is 4.16. The summed E-state index contributed by atoms with van der Waals surface area (Å²) in [5.74, 6) is -0.346. The van der Waals surface area contributed by atoms with Crippen LogP contribution in [-0.2, 0) is 21.1 Å². The highest BCUT2D eigenvalue weighted by molar-refractivity contribution is 7.90. The molecule has 2 N–H and O–H groups in total. The number of carbonyl (C=O) groups is 1. The zero-order valence-electron chi connectivity index (χ0n) is 10.4. The third kappa shape index (κ3) is 5.91. The Kier molecular flexibility index (Phi) is 5.80. The average molecular weight is 324 g/mol. The van der Waals surface area contributed by atoms with Gasteiger partial charge in [0.15, 0.2) is 5.78 Å². The molecule has 0 spiro atoms. The molecule has 106 valence electrons. The van der Waals surface area contributed by atoms with E-state index >= 15 is 0 Å². The zero-order valence-corrected chi connectivity index (χ0v) is 12.7. The van der Waals surface area contributed by atoms with Crippen molar-refractivity contribution < 1.29 is 13.2 Å². The number of rotatable bonds is 6. The number of Topliss-reactive ketones (excluding diaryl/α,β-unsaturated/α-hetero) is 1. The van der Waals surface area contributed by atoms with E-state index in [1.54, 1.807) is 18.2 Å². The summed E-state index contributed by atoms with van der Waals surface area (Å²) in [4.78, 5) is 11.9. The second-order valence-corrected chi connectivity index (χ2v) is 7.51. The Labute approximate surface area is 122 Å². The highest BCUT2D eigenvalue weighted by Gasteiger charge is 2.17. The number of sulfone groups is 1. The van der Waals surface area contributed by atoms with E-state index in [1.165, 1.54) is 0 Å². The number of halogens is 2. The van der Waals surface area contributed by atoms with Crippen LogP contribution in [-0.4, -0.2) is 32.3 Å². The monoisotopic (exact) mass is 323 g/mol. The molecular weight excluding hydrogens is 309 g/mol. The minimum atomic E-state index is -3.12. The summed E-state index contributed by atoms with van der Waals surface area (Å²) in [5, 5.41) is 0.888. The fraction of sp³-hybridized carbons (Fsp3) is 0.417. The standard InChI is InChI=1S/C12H15Cl2NO3S/c1-19(17,18)5-4-11(15)12(16)6-8-2-3-9(13)7-10(8)14/h2-3,7,11H,4-6,15H2,1H3. The van der Waals surface area contributed by atoms with Crippen LogP contribution in [0, 0.1) is 0 Å². The van der Waals surface area contributed by atoms with Gasteiger partial charge in [0.05, 0.1) is 11.8 Å². The minimum absolute atomic E-state index is 0.0704. The highest BCUT2D eigenvalue weighted by atomic mass is 35.5. The summed E-state index contributed by atoms with van der Waals surface area (Å²) >= 11 is 11.7. The molecule has 0 aliphatic rings. The van der Waals surface area contributed by atoms with Crippen molar-refractivity contribution in [3.8, 4) is 0 Å². The van der Waals surface area contributed by atoms with Crippen molar-refractivity contribution in [1.82, 2.24) is 0 Å². The molecule has 0 aliphatic heterocycles. The first-order valence-corrected chi connectivity index (χ1v) is 8.40. The number of carbonyl (C=O) groups excluding carboxylic acids is 1. The van der Waals surface area contributed by atoms with E-state index in [0.29, 0.717) is 15.6 Å². The lowest BCUT2D eigenvalue weighted by Crippen LogP contribution is -2.33. The largest absolute Gasteiger partial charge is 0.321 e. The topological polar surface area (TPSA) is 77.2 Å². The summed E-state index contributed by atoms with van der Waals surface area (Å²) in [7, 11) is -3.12. The van der Waals surface area contributed by atoms with Crippen molar-refractivity contribution in [2.24, 2.45) is 5.73 Å². The maximum Gasteiger partial charge on any atom is 0.153 e. The molecule has 1 atom stereocenters. The van der Waals surface area contributed by atoms with Crippen LogP contribution in [0.4, 0.5) is 0 Å². The van der Waals surface area contributed by atoms with Crippen molar-refractivity contribution >= 4 is 38.8 Å². The van der Waals surface area contributed by atoms with Crippen molar-refractivity contribution in [3.05, 3.63) is 33.8 Å². The fourth-order valence-electron chi connectivity index (χ4n) is 1.49. The van der Waals surface area contributed by atoms with Gasteiger partial charge in [-0.3, -0.25) is 4.79 Å². The van der Waals surface area contributed by atoms with Crippen molar-refractivity contribution in [2.75, 3.05) is 12.0 Å². The van der Waals surface area contributed by atoms with E-state index in [-0.39, 0.29) is 24.4 Å². The smallest absolute Gasteiger partial charge is 0.153 e. The van der Waals surface area contributed by atoms with Crippen LogP contribution in [0.25, 0.3) is 0 Å². The fourth-order valence-corrected chi connectivity index (χ4v) is 2.64. The Hall–Kier alpha value is -0.620. The first-order valence-electron chi connectivity index (χ1n) is 5.59. The summed E-state index contributed by atoms with van der Waals surface area (Å²) < 4.78 is 22.0. The Morgan fingerprint density at radius 2 is 2.00 bits per heavy atom. The lowest BCUT2D eigenvalue weighted by Gasteiger charge is -2.10. The van der Waals surface area contributed by atoms with Crippen LogP contribution in [0.15, 0.2) is 18.2 Å². The molecule has 19 heavy (non-hydrogen) atoms. The normalized spacial score (nSPS) is 13.3. The molecule has 0 bridgehead atoms. The second-order valence-electron chi connectivity index (χ2n) is 4.40. The minimum Gasteiger partial charge on any atom is -0.321 e. The van der Waals surface area contributed by atoms with Gasteiger partial charge in [-0.15, -0.1) is 0 Å². The summed E-state index contributed by atoms with van der Waals surface area (Å²) in [6.45, 7) is 0. The third-order valence-electron chi connectivity index (χ3n) is 2.59. The Bertz CT molecular complexity index is 572. The lowest BCUT2D eigenvalue weighted by molar-refractivity contribution is -0.119. The predicted molar refractivity (Wildman–Crippen MR) is 77.5 cm³/mol. The van der Waals surface area contributed by atoms with E-state index in [1.807, 2.05) is 0 Å². The van der Waals surface area contributed by atoms with Crippen molar-refractivity contribution in [2.45, 2.75) is 18.9 Å².